The number of rotatable bonds is 8. The van der Waals surface area contributed by atoms with Crippen LogP contribution in [0.4, 0.5) is 17.6 Å². The molecule has 2 unspecified atom stereocenters. The van der Waals surface area contributed by atoms with Gasteiger partial charge in [0.15, 0.2) is 18.1 Å². The van der Waals surface area contributed by atoms with Crippen LogP contribution in [0.3, 0.4) is 0 Å². The quantitative estimate of drug-likeness (QED) is 0.370. The molecule has 1 fully saturated rings. The Bertz CT molecular complexity index is 888. The zero-order valence-corrected chi connectivity index (χ0v) is 17.5. The number of alkyl halides is 2. The molecule has 1 aliphatic rings. The first-order chi connectivity index (χ1) is 14.8. The molecule has 0 radical (unpaired) electrons. The van der Waals surface area contributed by atoms with E-state index >= 15 is 0 Å². The molecule has 7 heteroatoms. The molecule has 0 saturated carbocycles. The second kappa shape index (κ2) is 10.2. The molecule has 3 rings (SSSR count). The predicted octanol–water partition coefficient (Wildman–Crippen LogP) is 6.07. The van der Waals surface area contributed by atoms with Gasteiger partial charge in [-0.2, -0.15) is 8.78 Å². The standard InChI is InChI=1S/C24H26F4O3/c1-3-4-19-10-9-18(14-30-19)17-7-5-16(6-8-17)13-24(27,28)15-31-21-12-11-20(29-2)22(25)23(21)26/h3-8,11-12,18-19H,9-10,13-15H2,1-2H3. The number of allylic oxidation sites excluding steroid dienone is 1. The van der Waals surface area contributed by atoms with E-state index < -0.39 is 36.3 Å². The molecular weight excluding hydrogens is 412 g/mol. The SMILES string of the molecule is CC=CC1CCC(c2ccc(CC(F)(F)COc3ccc(OC)c(F)c3F)cc2)CO1. The van der Waals surface area contributed by atoms with E-state index in [1.165, 1.54) is 7.11 Å². The summed E-state index contributed by atoms with van der Waals surface area (Å²) in [6, 6.07) is 9.20. The second-order valence-corrected chi connectivity index (χ2v) is 7.63. The number of methoxy groups -OCH3 is 1. The minimum Gasteiger partial charge on any atom is -0.494 e. The van der Waals surface area contributed by atoms with Crippen LogP contribution in [0.25, 0.3) is 0 Å². The van der Waals surface area contributed by atoms with Crippen molar-refractivity contribution in [2.45, 2.75) is 44.1 Å². The van der Waals surface area contributed by atoms with Gasteiger partial charge >= 0.3 is 0 Å². The smallest absolute Gasteiger partial charge is 0.285 e. The van der Waals surface area contributed by atoms with Gasteiger partial charge in [-0.15, -0.1) is 0 Å². The van der Waals surface area contributed by atoms with Gasteiger partial charge in [-0.05, 0) is 43.0 Å². The zero-order valence-electron chi connectivity index (χ0n) is 17.5. The summed E-state index contributed by atoms with van der Waals surface area (Å²) in [6.07, 6.45) is 5.48. The van der Waals surface area contributed by atoms with E-state index in [0.29, 0.717) is 12.2 Å². The summed E-state index contributed by atoms with van der Waals surface area (Å²) in [5, 5.41) is 0. The maximum atomic E-state index is 14.4. The lowest BCUT2D eigenvalue weighted by Crippen LogP contribution is -2.28. The number of halogens is 4. The molecule has 0 aliphatic carbocycles. The Morgan fingerprint density at radius 1 is 1.03 bits per heavy atom. The summed E-state index contributed by atoms with van der Waals surface area (Å²) in [5.74, 6) is -6.54. The maximum Gasteiger partial charge on any atom is 0.285 e. The van der Waals surface area contributed by atoms with Crippen LogP contribution in [0.5, 0.6) is 11.5 Å². The van der Waals surface area contributed by atoms with Gasteiger partial charge in [-0.1, -0.05) is 36.4 Å². The molecule has 0 aromatic heterocycles. The molecule has 2 aromatic carbocycles. The molecule has 1 saturated heterocycles. The van der Waals surface area contributed by atoms with Crippen molar-refractivity contribution in [2.75, 3.05) is 20.3 Å². The average molecular weight is 438 g/mol. The van der Waals surface area contributed by atoms with Crippen molar-refractivity contribution in [3.63, 3.8) is 0 Å². The van der Waals surface area contributed by atoms with E-state index in [9.17, 15) is 17.6 Å². The fourth-order valence-corrected chi connectivity index (χ4v) is 3.63. The molecule has 1 heterocycles. The minimum absolute atomic E-state index is 0.142. The third kappa shape index (κ3) is 6.00. The minimum atomic E-state index is -3.25. The van der Waals surface area contributed by atoms with Crippen LogP contribution in [-0.4, -0.2) is 32.4 Å². The largest absolute Gasteiger partial charge is 0.494 e. The summed E-state index contributed by atoms with van der Waals surface area (Å²) >= 11 is 0. The van der Waals surface area contributed by atoms with E-state index in [2.05, 4.69) is 4.74 Å². The van der Waals surface area contributed by atoms with E-state index in [4.69, 9.17) is 9.47 Å². The Morgan fingerprint density at radius 3 is 2.32 bits per heavy atom. The molecule has 0 spiro atoms. The van der Waals surface area contributed by atoms with Crippen molar-refractivity contribution in [3.05, 3.63) is 71.3 Å². The van der Waals surface area contributed by atoms with Crippen LogP contribution in [0.2, 0.25) is 0 Å². The topological polar surface area (TPSA) is 27.7 Å². The van der Waals surface area contributed by atoms with Gasteiger partial charge in [0, 0.05) is 12.3 Å². The molecule has 2 atom stereocenters. The monoisotopic (exact) mass is 438 g/mol. The second-order valence-electron chi connectivity index (χ2n) is 7.63. The van der Waals surface area contributed by atoms with Crippen molar-refractivity contribution < 1.29 is 31.8 Å². The molecule has 0 N–H and O–H groups in total. The van der Waals surface area contributed by atoms with Gasteiger partial charge in [-0.3, -0.25) is 0 Å². The summed E-state index contributed by atoms with van der Waals surface area (Å²) < 4.78 is 71.6. The van der Waals surface area contributed by atoms with Gasteiger partial charge in [0.2, 0.25) is 11.6 Å². The van der Waals surface area contributed by atoms with Crippen molar-refractivity contribution >= 4 is 0 Å². The van der Waals surface area contributed by atoms with Crippen LogP contribution in [-0.2, 0) is 11.2 Å². The van der Waals surface area contributed by atoms with Crippen LogP contribution in [0, 0.1) is 11.6 Å². The Hall–Kier alpha value is -2.54. The first kappa shape index (κ1) is 23.1. The Labute approximate surface area is 179 Å². The number of hydrogen-bond donors (Lipinski definition) is 0. The third-order valence-electron chi connectivity index (χ3n) is 5.30. The van der Waals surface area contributed by atoms with E-state index in [-0.39, 0.29) is 17.8 Å². The maximum absolute atomic E-state index is 14.4. The molecule has 3 nitrogen and oxygen atoms in total. The van der Waals surface area contributed by atoms with Crippen LogP contribution >= 0.6 is 0 Å². The lowest BCUT2D eigenvalue weighted by Gasteiger charge is -2.28. The lowest BCUT2D eigenvalue weighted by atomic mass is 9.90. The first-order valence-electron chi connectivity index (χ1n) is 10.2. The Balaban J connectivity index is 1.56. The Kier molecular flexibility index (Phi) is 7.59. The highest BCUT2D eigenvalue weighted by atomic mass is 19.3. The normalized spacial score (nSPS) is 19.5. The number of ether oxygens (including phenoxy) is 3. The highest BCUT2D eigenvalue weighted by molar-refractivity contribution is 5.35. The number of benzene rings is 2. The first-order valence-corrected chi connectivity index (χ1v) is 10.2. The zero-order chi connectivity index (χ0) is 22.4. The summed E-state index contributed by atoms with van der Waals surface area (Å²) in [4.78, 5) is 0. The lowest BCUT2D eigenvalue weighted by molar-refractivity contribution is -0.0410. The molecule has 0 amide bonds. The van der Waals surface area contributed by atoms with E-state index in [1.807, 2.05) is 31.2 Å². The predicted molar refractivity (Wildman–Crippen MR) is 110 cm³/mol. The van der Waals surface area contributed by atoms with E-state index in [0.717, 1.165) is 30.5 Å². The third-order valence-corrected chi connectivity index (χ3v) is 5.30. The average Bonchev–Trinajstić information content (AvgIpc) is 2.76. The van der Waals surface area contributed by atoms with Gasteiger partial charge in [0.1, 0.15) is 0 Å². The van der Waals surface area contributed by atoms with Crippen molar-refractivity contribution in [1.29, 1.82) is 0 Å². The molecular formula is C24H26F4O3. The van der Waals surface area contributed by atoms with Gasteiger partial charge in [0.25, 0.3) is 5.92 Å². The summed E-state index contributed by atoms with van der Waals surface area (Å²) in [6.45, 7) is 1.49. The van der Waals surface area contributed by atoms with Crippen LogP contribution in [0.15, 0.2) is 48.6 Å². The van der Waals surface area contributed by atoms with Gasteiger partial charge in [-0.25, -0.2) is 8.78 Å². The van der Waals surface area contributed by atoms with Crippen molar-refractivity contribution in [2.24, 2.45) is 0 Å². The summed E-state index contributed by atoms with van der Waals surface area (Å²) in [7, 11) is 1.18. The fourth-order valence-electron chi connectivity index (χ4n) is 3.63. The summed E-state index contributed by atoms with van der Waals surface area (Å²) in [5.41, 5.74) is 1.49. The van der Waals surface area contributed by atoms with Gasteiger partial charge in [0.05, 0.1) is 19.8 Å². The Morgan fingerprint density at radius 2 is 1.71 bits per heavy atom. The molecule has 31 heavy (non-hydrogen) atoms. The van der Waals surface area contributed by atoms with E-state index in [1.54, 1.807) is 12.1 Å². The van der Waals surface area contributed by atoms with Crippen molar-refractivity contribution in [1.82, 2.24) is 0 Å². The number of hydrogen-bond acceptors (Lipinski definition) is 3. The van der Waals surface area contributed by atoms with Crippen LogP contribution in [0.1, 0.15) is 36.8 Å². The highest BCUT2D eigenvalue weighted by Crippen LogP contribution is 2.31. The fraction of sp³-hybridized carbons (Fsp3) is 0.417. The van der Waals surface area contributed by atoms with Crippen LogP contribution < -0.4 is 9.47 Å². The molecule has 2 aromatic rings. The molecule has 1 aliphatic heterocycles. The molecule has 0 bridgehead atoms. The van der Waals surface area contributed by atoms with Gasteiger partial charge < -0.3 is 14.2 Å². The highest BCUT2D eigenvalue weighted by Gasteiger charge is 2.31. The van der Waals surface area contributed by atoms with Crippen molar-refractivity contribution in [3.8, 4) is 11.5 Å². The molecule has 168 valence electrons.